The Bertz CT molecular complexity index is 411. The fourth-order valence-corrected chi connectivity index (χ4v) is 2.55. The molecule has 2 nitrogen and oxygen atoms in total. The minimum Gasteiger partial charge on any atom is -0.342 e. The maximum atomic E-state index is 13.6. The largest absolute Gasteiger partial charge is 0.342 e. The highest BCUT2D eigenvalue weighted by Gasteiger charge is 2.21. The Morgan fingerprint density at radius 1 is 1.37 bits per heavy atom. The predicted molar refractivity (Wildman–Crippen MR) is 80.0 cm³/mol. The van der Waals surface area contributed by atoms with Crippen LogP contribution in [0.15, 0.2) is 24.3 Å². The van der Waals surface area contributed by atoms with Gasteiger partial charge in [0.05, 0.1) is 4.83 Å². The highest BCUT2D eigenvalue weighted by molar-refractivity contribution is 9.10. The maximum absolute atomic E-state index is 13.6. The first-order chi connectivity index (χ1) is 9.10. The zero-order valence-corrected chi connectivity index (χ0v) is 13.1. The van der Waals surface area contributed by atoms with Gasteiger partial charge in [0.1, 0.15) is 5.82 Å². The molecule has 0 aliphatic heterocycles. The second-order valence-electron chi connectivity index (χ2n) is 4.53. The standard InChI is InChI=1S/C15H21BrFNO/c1-3-5-10-18(4-2)15(19)13(16)11-12-8-6-7-9-14(12)17/h6-9,13H,3-5,10-11H2,1-2H3. The Labute approximate surface area is 123 Å². The van der Waals surface area contributed by atoms with Crippen LogP contribution in [0.1, 0.15) is 32.3 Å². The number of halogens is 2. The van der Waals surface area contributed by atoms with Crippen molar-refractivity contribution in [2.45, 2.75) is 37.9 Å². The van der Waals surface area contributed by atoms with E-state index in [9.17, 15) is 9.18 Å². The van der Waals surface area contributed by atoms with Crippen molar-refractivity contribution in [2.24, 2.45) is 0 Å². The van der Waals surface area contributed by atoms with Gasteiger partial charge in [-0.25, -0.2) is 4.39 Å². The summed E-state index contributed by atoms with van der Waals surface area (Å²) in [6.07, 6.45) is 2.44. The van der Waals surface area contributed by atoms with Crippen LogP contribution in [0.25, 0.3) is 0 Å². The third-order valence-electron chi connectivity index (χ3n) is 3.10. The highest BCUT2D eigenvalue weighted by atomic mass is 79.9. The van der Waals surface area contributed by atoms with Gasteiger partial charge in [0, 0.05) is 13.1 Å². The smallest absolute Gasteiger partial charge is 0.236 e. The molecule has 1 atom stereocenters. The van der Waals surface area contributed by atoms with E-state index in [1.165, 1.54) is 6.07 Å². The summed E-state index contributed by atoms with van der Waals surface area (Å²) in [6.45, 7) is 5.53. The quantitative estimate of drug-likeness (QED) is 0.697. The zero-order valence-electron chi connectivity index (χ0n) is 11.5. The number of hydrogen-bond donors (Lipinski definition) is 0. The summed E-state index contributed by atoms with van der Waals surface area (Å²) in [5.74, 6) is -0.212. The fraction of sp³-hybridized carbons (Fsp3) is 0.533. The lowest BCUT2D eigenvalue weighted by Crippen LogP contribution is -2.38. The molecule has 0 saturated carbocycles. The summed E-state index contributed by atoms with van der Waals surface area (Å²) in [5.41, 5.74) is 0.573. The van der Waals surface area contributed by atoms with Crippen LogP contribution in [0.5, 0.6) is 0 Å². The highest BCUT2D eigenvalue weighted by Crippen LogP contribution is 2.16. The molecule has 0 fully saturated rings. The van der Waals surface area contributed by atoms with Gasteiger partial charge >= 0.3 is 0 Å². The normalized spacial score (nSPS) is 12.2. The lowest BCUT2D eigenvalue weighted by atomic mass is 10.1. The number of carbonyl (C=O) groups excluding carboxylic acids is 1. The number of alkyl halides is 1. The summed E-state index contributed by atoms with van der Waals surface area (Å²) in [6, 6.07) is 6.59. The van der Waals surface area contributed by atoms with Gasteiger partial charge in [-0.3, -0.25) is 4.79 Å². The molecule has 0 N–H and O–H groups in total. The Morgan fingerprint density at radius 2 is 2.05 bits per heavy atom. The van der Waals surface area contributed by atoms with E-state index < -0.39 is 0 Å². The van der Waals surface area contributed by atoms with E-state index in [1.54, 1.807) is 18.2 Å². The second kappa shape index (κ2) is 8.31. The van der Waals surface area contributed by atoms with Gasteiger partial charge in [-0.15, -0.1) is 0 Å². The van der Waals surface area contributed by atoms with Crippen molar-refractivity contribution in [1.82, 2.24) is 4.90 Å². The molecule has 4 heteroatoms. The first kappa shape index (κ1) is 16.2. The molecule has 0 bridgehead atoms. The van der Waals surface area contributed by atoms with E-state index in [-0.39, 0.29) is 16.6 Å². The molecule has 1 rings (SSSR count). The van der Waals surface area contributed by atoms with Crippen molar-refractivity contribution >= 4 is 21.8 Å². The van der Waals surface area contributed by atoms with E-state index >= 15 is 0 Å². The monoisotopic (exact) mass is 329 g/mol. The Kier molecular flexibility index (Phi) is 7.06. The van der Waals surface area contributed by atoms with Crippen LogP contribution >= 0.6 is 15.9 Å². The van der Waals surface area contributed by atoms with E-state index in [1.807, 2.05) is 11.8 Å². The molecule has 1 unspecified atom stereocenters. The lowest BCUT2D eigenvalue weighted by Gasteiger charge is -2.23. The summed E-state index contributed by atoms with van der Waals surface area (Å²) >= 11 is 3.39. The van der Waals surface area contributed by atoms with Crippen molar-refractivity contribution in [3.05, 3.63) is 35.6 Å². The maximum Gasteiger partial charge on any atom is 0.236 e. The topological polar surface area (TPSA) is 20.3 Å². The fourth-order valence-electron chi connectivity index (χ4n) is 1.92. The molecule has 0 spiro atoms. The van der Waals surface area contributed by atoms with Gasteiger partial charge < -0.3 is 4.90 Å². The summed E-state index contributed by atoms with van der Waals surface area (Å²) in [4.78, 5) is 13.7. The van der Waals surface area contributed by atoms with Crippen LogP contribution in [0.2, 0.25) is 0 Å². The number of carbonyl (C=O) groups is 1. The van der Waals surface area contributed by atoms with Crippen LogP contribution in [-0.2, 0) is 11.2 Å². The van der Waals surface area contributed by atoms with E-state index in [2.05, 4.69) is 22.9 Å². The number of unbranched alkanes of at least 4 members (excludes halogenated alkanes) is 1. The predicted octanol–water partition coefficient (Wildman–Crippen LogP) is 3.78. The van der Waals surface area contributed by atoms with Crippen LogP contribution in [0.4, 0.5) is 4.39 Å². The first-order valence-electron chi connectivity index (χ1n) is 6.76. The molecule has 0 aliphatic carbocycles. The molecular formula is C15H21BrFNO. The molecule has 0 heterocycles. The molecule has 1 aromatic rings. The first-order valence-corrected chi connectivity index (χ1v) is 7.68. The Hall–Kier alpha value is -0.900. The van der Waals surface area contributed by atoms with Crippen LogP contribution in [0.3, 0.4) is 0 Å². The second-order valence-corrected chi connectivity index (χ2v) is 5.64. The van der Waals surface area contributed by atoms with Crippen LogP contribution < -0.4 is 0 Å². The molecule has 1 aromatic carbocycles. The Morgan fingerprint density at radius 3 is 2.63 bits per heavy atom. The number of hydrogen-bond acceptors (Lipinski definition) is 1. The van der Waals surface area contributed by atoms with Gasteiger partial charge in [0.2, 0.25) is 5.91 Å². The summed E-state index contributed by atoms with van der Waals surface area (Å²) in [7, 11) is 0. The molecule has 0 radical (unpaired) electrons. The van der Waals surface area contributed by atoms with E-state index in [0.717, 1.165) is 19.4 Å². The minimum atomic E-state index is -0.360. The lowest BCUT2D eigenvalue weighted by molar-refractivity contribution is -0.130. The minimum absolute atomic E-state index is 0.0409. The van der Waals surface area contributed by atoms with Crippen molar-refractivity contribution in [3.63, 3.8) is 0 Å². The molecule has 19 heavy (non-hydrogen) atoms. The average Bonchev–Trinajstić information content (AvgIpc) is 2.42. The van der Waals surface area contributed by atoms with E-state index in [0.29, 0.717) is 18.5 Å². The van der Waals surface area contributed by atoms with Gasteiger partial charge in [0.25, 0.3) is 0 Å². The molecular weight excluding hydrogens is 309 g/mol. The number of rotatable bonds is 7. The average molecular weight is 330 g/mol. The van der Waals surface area contributed by atoms with Crippen molar-refractivity contribution in [3.8, 4) is 0 Å². The molecule has 0 aromatic heterocycles. The van der Waals surface area contributed by atoms with Crippen LogP contribution in [-0.4, -0.2) is 28.7 Å². The number of benzene rings is 1. The molecule has 0 saturated heterocycles. The van der Waals surface area contributed by atoms with Crippen LogP contribution in [0, 0.1) is 5.82 Å². The summed E-state index contributed by atoms with van der Waals surface area (Å²) in [5, 5.41) is 0. The van der Waals surface area contributed by atoms with Crippen molar-refractivity contribution in [1.29, 1.82) is 0 Å². The molecule has 0 aliphatic rings. The van der Waals surface area contributed by atoms with Crippen molar-refractivity contribution in [2.75, 3.05) is 13.1 Å². The van der Waals surface area contributed by atoms with Crippen molar-refractivity contribution < 1.29 is 9.18 Å². The van der Waals surface area contributed by atoms with Gasteiger partial charge in [-0.05, 0) is 31.4 Å². The van der Waals surface area contributed by atoms with Gasteiger partial charge in [-0.1, -0.05) is 47.5 Å². The third-order valence-corrected chi connectivity index (χ3v) is 3.82. The van der Waals surface area contributed by atoms with Gasteiger partial charge in [-0.2, -0.15) is 0 Å². The van der Waals surface area contributed by atoms with E-state index in [4.69, 9.17) is 0 Å². The molecule has 1 amide bonds. The number of nitrogens with zero attached hydrogens (tertiary/aromatic N) is 1. The summed E-state index contributed by atoms with van der Waals surface area (Å²) < 4.78 is 13.6. The third kappa shape index (κ3) is 4.94. The SMILES string of the molecule is CCCCN(CC)C(=O)C(Br)Cc1ccccc1F. The number of amides is 1. The zero-order chi connectivity index (χ0) is 14.3. The van der Waals surface area contributed by atoms with Gasteiger partial charge in [0.15, 0.2) is 0 Å². The molecule has 106 valence electrons. The Balaban J connectivity index is 2.63.